The number of anilines is 1. The van der Waals surface area contributed by atoms with Gasteiger partial charge in [-0.1, -0.05) is 0 Å². The van der Waals surface area contributed by atoms with Crippen molar-refractivity contribution in [2.75, 3.05) is 17.9 Å². The van der Waals surface area contributed by atoms with Crippen LogP contribution < -0.4 is 9.46 Å². The predicted octanol–water partition coefficient (Wildman–Crippen LogP) is 1.66. The average Bonchev–Trinajstić information content (AvgIpc) is 3.12. The van der Waals surface area contributed by atoms with E-state index in [0.29, 0.717) is 17.3 Å². The molecule has 4 heterocycles. The molecule has 0 spiro atoms. The molecule has 0 saturated heterocycles. The summed E-state index contributed by atoms with van der Waals surface area (Å²) in [7, 11) is -4.06. The Labute approximate surface area is 197 Å². The van der Waals surface area contributed by atoms with Crippen molar-refractivity contribution in [1.82, 2.24) is 29.7 Å². The van der Waals surface area contributed by atoms with Crippen molar-refractivity contribution < 1.29 is 23.0 Å². The third-order valence-electron chi connectivity index (χ3n) is 5.32. The van der Waals surface area contributed by atoms with E-state index in [1.807, 2.05) is 20.8 Å². The molecule has 0 unspecified atom stereocenters. The summed E-state index contributed by atoms with van der Waals surface area (Å²) in [5.74, 6) is 0.881. The van der Waals surface area contributed by atoms with Crippen LogP contribution >= 0.6 is 0 Å². The third-order valence-corrected chi connectivity index (χ3v) is 7.01. The number of hydrogen-bond donors (Lipinski definition) is 2. The van der Waals surface area contributed by atoms with Gasteiger partial charge in [-0.3, -0.25) is 9.29 Å². The fourth-order valence-corrected chi connectivity index (χ4v) is 4.65. The molecule has 0 saturated carbocycles. The van der Waals surface area contributed by atoms with E-state index in [9.17, 15) is 13.5 Å². The number of nitrogens with zero attached hydrogens (tertiary/aromatic N) is 6. The van der Waals surface area contributed by atoms with Gasteiger partial charge in [0.2, 0.25) is 21.9 Å². The topological polar surface area (TPSA) is 154 Å². The maximum atomic E-state index is 13.4. The van der Waals surface area contributed by atoms with E-state index in [2.05, 4.69) is 29.9 Å². The van der Waals surface area contributed by atoms with Gasteiger partial charge in [0.15, 0.2) is 11.6 Å². The summed E-state index contributed by atoms with van der Waals surface area (Å²) >= 11 is 0. The second-order valence-corrected chi connectivity index (χ2v) is 10.3. The monoisotopic (exact) mass is 489 g/mol. The molecular formula is C21H27N7O5S. The zero-order valence-electron chi connectivity index (χ0n) is 19.3. The lowest BCUT2D eigenvalue weighted by atomic mass is 10.2. The smallest absolute Gasteiger partial charge is 0.240 e. The number of rotatable bonds is 8. The van der Waals surface area contributed by atoms with Crippen molar-refractivity contribution >= 4 is 16.0 Å². The Balaban J connectivity index is 1.69. The largest absolute Gasteiger partial charge is 0.475 e. The minimum absolute atomic E-state index is 0.0469. The molecule has 12 nitrogen and oxygen atoms in total. The van der Waals surface area contributed by atoms with Crippen LogP contribution in [0.1, 0.15) is 44.3 Å². The van der Waals surface area contributed by atoms with Crippen LogP contribution in [0.2, 0.25) is 0 Å². The van der Waals surface area contributed by atoms with Crippen LogP contribution in [0.5, 0.6) is 5.88 Å². The van der Waals surface area contributed by atoms with Crippen LogP contribution in [-0.2, 0) is 14.8 Å². The number of aliphatic hydroxyl groups excluding tert-OH is 1. The van der Waals surface area contributed by atoms with Gasteiger partial charge in [0, 0.05) is 18.6 Å². The SMILES string of the molecule is Cc1cnc([C@H](OC(C)C)[C@H](C)S(=O)(=O)Nc2nnc3n2[C@@H](CO)COc2ncccc2-3)nc1. The van der Waals surface area contributed by atoms with Gasteiger partial charge in [-0.25, -0.2) is 23.4 Å². The molecule has 1 aliphatic heterocycles. The Kier molecular flexibility index (Phi) is 6.77. The zero-order chi connectivity index (χ0) is 24.5. The van der Waals surface area contributed by atoms with E-state index in [1.165, 1.54) is 11.5 Å². The first-order chi connectivity index (χ1) is 16.2. The Hall–Kier alpha value is -3.16. The number of aliphatic hydroxyl groups is 1. The summed E-state index contributed by atoms with van der Waals surface area (Å²) in [6.45, 7) is 6.72. The van der Waals surface area contributed by atoms with Crippen LogP contribution in [0.25, 0.3) is 11.4 Å². The van der Waals surface area contributed by atoms with Crippen molar-refractivity contribution in [2.45, 2.75) is 51.2 Å². The molecule has 4 rings (SSSR count). The summed E-state index contributed by atoms with van der Waals surface area (Å²) in [5, 5.41) is 17.1. The molecule has 0 amide bonds. The molecule has 0 fully saturated rings. The lowest BCUT2D eigenvalue weighted by Crippen LogP contribution is -2.35. The average molecular weight is 490 g/mol. The molecule has 34 heavy (non-hydrogen) atoms. The summed E-state index contributed by atoms with van der Waals surface area (Å²) < 4.78 is 42.5. The number of ether oxygens (including phenoxy) is 2. The molecule has 0 aromatic carbocycles. The van der Waals surface area contributed by atoms with Crippen LogP contribution in [0.15, 0.2) is 30.7 Å². The van der Waals surface area contributed by atoms with Crippen molar-refractivity contribution in [3.8, 4) is 17.3 Å². The Morgan fingerprint density at radius 2 is 1.97 bits per heavy atom. The number of pyridine rings is 1. The summed E-state index contributed by atoms with van der Waals surface area (Å²) in [6.07, 6.45) is 3.61. The number of nitrogens with one attached hydrogen (secondary N) is 1. The standard InChI is InChI=1S/C21H27N7O5S/c1-12(2)33-17(18-23-8-13(3)9-24-18)14(4)34(30,31)27-21-26-25-19-16-6-5-7-22-20(16)32-11-15(10-29)28(19)21/h5-9,12,14-15,17,29H,10-11H2,1-4H3,(H,26,27)/t14-,15-,17+/m0/s1. The highest BCUT2D eigenvalue weighted by atomic mass is 32.2. The molecule has 0 aliphatic carbocycles. The van der Waals surface area contributed by atoms with Crippen molar-refractivity contribution in [1.29, 1.82) is 0 Å². The van der Waals surface area contributed by atoms with Gasteiger partial charge in [0.25, 0.3) is 0 Å². The van der Waals surface area contributed by atoms with E-state index in [0.717, 1.165) is 5.56 Å². The van der Waals surface area contributed by atoms with Gasteiger partial charge in [0.1, 0.15) is 18.0 Å². The molecular weight excluding hydrogens is 462 g/mol. The molecule has 0 radical (unpaired) electrons. The minimum Gasteiger partial charge on any atom is -0.475 e. The number of hydrogen-bond acceptors (Lipinski definition) is 10. The number of fused-ring (bicyclic) bond motifs is 3. The van der Waals surface area contributed by atoms with Gasteiger partial charge >= 0.3 is 0 Å². The Morgan fingerprint density at radius 1 is 1.24 bits per heavy atom. The molecule has 3 aromatic heterocycles. The lowest BCUT2D eigenvalue weighted by Gasteiger charge is -2.26. The highest BCUT2D eigenvalue weighted by Crippen LogP contribution is 2.35. The molecule has 1 aliphatic rings. The highest BCUT2D eigenvalue weighted by molar-refractivity contribution is 7.93. The van der Waals surface area contributed by atoms with Gasteiger partial charge in [-0.2, -0.15) is 0 Å². The van der Waals surface area contributed by atoms with Gasteiger partial charge in [0.05, 0.1) is 24.3 Å². The first kappa shape index (κ1) is 24.0. The fourth-order valence-electron chi connectivity index (χ4n) is 3.56. The molecule has 13 heteroatoms. The van der Waals surface area contributed by atoms with Crippen LogP contribution in [0.3, 0.4) is 0 Å². The number of aromatic nitrogens is 6. The molecule has 3 atom stereocenters. The van der Waals surface area contributed by atoms with Crippen molar-refractivity contribution in [3.63, 3.8) is 0 Å². The maximum Gasteiger partial charge on any atom is 0.240 e. The van der Waals surface area contributed by atoms with Crippen molar-refractivity contribution in [2.24, 2.45) is 0 Å². The molecule has 2 N–H and O–H groups in total. The van der Waals surface area contributed by atoms with E-state index in [1.54, 1.807) is 30.7 Å². The van der Waals surface area contributed by atoms with Gasteiger partial charge in [-0.05, 0) is 45.4 Å². The number of aryl methyl sites for hydroxylation is 1. The van der Waals surface area contributed by atoms with E-state index in [-0.39, 0.29) is 31.1 Å². The molecule has 182 valence electrons. The van der Waals surface area contributed by atoms with Crippen LogP contribution in [0.4, 0.5) is 5.95 Å². The van der Waals surface area contributed by atoms with Gasteiger partial charge in [-0.15, -0.1) is 10.2 Å². The van der Waals surface area contributed by atoms with Crippen LogP contribution in [0, 0.1) is 6.92 Å². The summed E-state index contributed by atoms with van der Waals surface area (Å²) in [4.78, 5) is 12.8. The maximum absolute atomic E-state index is 13.4. The predicted molar refractivity (Wildman–Crippen MR) is 123 cm³/mol. The normalized spacial score (nSPS) is 17.3. The second-order valence-electron chi connectivity index (χ2n) is 8.30. The van der Waals surface area contributed by atoms with Crippen LogP contribution in [-0.4, -0.2) is 67.8 Å². The zero-order valence-corrected chi connectivity index (χ0v) is 20.1. The molecule has 0 bridgehead atoms. The highest BCUT2D eigenvalue weighted by Gasteiger charge is 2.36. The first-order valence-electron chi connectivity index (χ1n) is 10.8. The van der Waals surface area contributed by atoms with E-state index < -0.39 is 27.4 Å². The first-order valence-corrected chi connectivity index (χ1v) is 12.4. The fraction of sp³-hybridized carbons (Fsp3) is 0.476. The quantitative estimate of drug-likeness (QED) is 0.477. The molecule has 3 aromatic rings. The summed E-state index contributed by atoms with van der Waals surface area (Å²) in [6, 6.07) is 2.82. The Morgan fingerprint density at radius 3 is 2.65 bits per heavy atom. The minimum atomic E-state index is -4.06. The van der Waals surface area contributed by atoms with E-state index in [4.69, 9.17) is 9.47 Å². The third kappa shape index (κ3) is 4.72. The Bertz CT molecular complexity index is 1250. The van der Waals surface area contributed by atoms with Crippen molar-refractivity contribution in [3.05, 3.63) is 42.1 Å². The van der Waals surface area contributed by atoms with Gasteiger partial charge < -0.3 is 14.6 Å². The number of sulfonamides is 1. The second kappa shape index (κ2) is 9.60. The lowest BCUT2D eigenvalue weighted by molar-refractivity contribution is 0.00152. The van der Waals surface area contributed by atoms with E-state index >= 15 is 0 Å². The summed E-state index contributed by atoms with van der Waals surface area (Å²) in [5.41, 5.74) is 1.39.